The quantitative estimate of drug-likeness (QED) is 0.723. The minimum absolute atomic E-state index is 0.0994. The van der Waals surface area contributed by atoms with Crippen molar-refractivity contribution in [1.29, 1.82) is 0 Å². The zero-order valence-corrected chi connectivity index (χ0v) is 15.8. The van der Waals surface area contributed by atoms with Crippen LogP contribution in [0.5, 0.6) is 0 Å². The average Bonchev–Trinajstić information content (AvgIpc) is 2.68. The summed E-state index contributed by atoms with van der Waals surface area (Å²) in [6.07, 6.45) is 0.860. The minimum atomic E-state index is -0.309. The molecule has 7 nitrogen and oxygen atoms in total. The van der Waals surface area contributed by atoms with Crippen molar-refractivity contribution >= 4 is 17.5 Å². The number of ether oxygens (including phenoxy) is 1. The van der Waals surface area contributed by atoms with Gasteiger partial charge in [0.1, 0.15) is 6.54 Å². The summed E-state index contributed by atoms with van der Waals surface area (Å²) < 4.78 is 6.49. The van der Waals surface area contributed by atoms with Gasteiger partial charge in [-0.1, -0.05) is 23.7 Å². The summed E-state index contributed by atoms with van der Waals surface area (Å²) in [7, 11) is 0. The highest BCUT2D eigenvalue weighted by molar-refractivity contribution is 6.30. The molecule has 1 aromatic heterocycles. The van der Waals surface area contributed by atoms with E-state index in [4.69, 9.17) is 16.3 Å². The Bertz CT molecular complexity index is 816. The molecule has 1 aromatic carbocycles. The van der Waals surface area contributed by atoms with Crippen LogP contribution in [-0.2, 0) is 16.1 Å². The Balaban J connectivity index is 1.51. The third kappa shape index (κ3) is 5.89. The first-order valence-corrected chi connectivity index (χ1v) is 9.40. The summed E-state index contributed by atoms with van der Waals surface area (Å²) in [5.74, 6) is -0.222. The van der Waals surface area contributed by atoms with E-state index >= 15 is 0 Å². The van der Waals surface area contributed by atoms with E-state index in [1.807, 2.05) is 12.1 Å². The molecular formula is C19H23ClN4O3. The Kier molecular flexibility index (Phi) is 6.98. The van der Waals surface area contributed by atoms with Crippen molar-refractivity contribution in [1.82, 2.24) is 20.0 Å². The Labute approximate surface area is 162 Å². The lowest BCUT2D eigenvalue weighted by Crippen LogP contribution is -2.39. The second-order valence-corrected chi connectivity index (χ2v) is 6.82. The highest BCUT2D eigenvalue weighted by atomic mass is 35.5. The first-order chi connectivity index (χ1) is 13.1. The molecule has 1 N–H and O–H groups in total. The number of rotatable bonds is 7. The molecule has 1 fully saturated rings. The maximum Gasteiger partial charge on any atom is 0.267 e. The number of nitrogens with zero attached hydrogens (tertiary/aromatic N) is 3. The van der Waals surface area contributed by atoms with Crippen LogP contribution < -0.4 is 10.9 Å². The fourth-order valence-corrected chi connectivity index (χ4v) is 3.01. The zero-order valence-electron chi connectivity index (χ0n) is 15.1. The van der Waals surface area contributed by atoms with Crippen molar-refractivity contribution in [3.05, 3.63) is 51.8 Å². The first-order valence-electron chi connectivity index (χ1n) is 9.03. The van der Waals surface area contributed by atoms with Crippen molar-refractivity contribution in [3.8, 4) is 11.3 Å². The summed E-state index contributed by atoms with van der Waals surface area (Å²) in [5.41, 5.74) is 1.14. The summed E-state index contributed by atoms with van der Waals surface area (Å²) >= 11 is 5.90. The van der Waals surface area contributed by atoms with E-state index in [1.54, 1.807) is 18.2 Å². The smallest absolute Gasteiger partial charge is 0.267 e. The van der Waals surface area contributed by atoms with Crippen LogP contribution in [0.3, 0.4) is 0 Å². The fraction of sp³-hybridized carbons (Fsp3) is 0.421. The van der Waals surface area contributed by atoms with Gasteiger partial charge in [-0.05, 0) is 31.2 Å². The number of aromatic nitrogens is 2. The van der Waals surface area contributed by atoms with Gasteiger partial charge >= 0.3 is 0 Å². The van der Waals surface area contributed by atoms with Gasteiger partial charge in [0.2, 0.25) is 5.91 Å². The molecule has 8 heteroatoms. The Hall–Kier alpha value is -2.22. The van der Waals surface area contributed by atoms with Crippen LogP contribution in [0.2, 0.25) is 5.02 Å². The largest absolute Gasteiger partial charge is 0.379 e. The summed E-state index contributed by atoms with van der Waals surface area (Å²) in [4.78, 5) is 26.5. The number of amides is 1. The van der Waals surface area contributed by atoms with Gasteiger partial charge < -0.3 is 10.1 Å². The molecule has 3 rings (SSSR count). The SMILES string of the molecule is O=C(Cn1nc(-c2ccc(Cl)cc2)ccc1=O)NCCCN1CCOCC1. The van der Waals surface area contributed by atoms with E-state index in [2.05, 4.69) is 15.3 Å². The normalized spacial score (nSPS) is 14.9. The molecule has 0 spiro atoms. The third-order valence-corrected chi connectivity index (χ3v) is 4.63. The molecule has 1 amide bonds. The van der Waals surface area contributed by atoms with Crippen molar-refractivity contribution < 1.29 is 9.53 Å². The predicted octanol–water partition coefficient (Wildman–Crippen LogP) is 1.40. The number of morpholine rings is 1. The number of carbonyl (C=O) groups excluding carboxylic acids is 1. The molecule has 0 atom stereocenters. The number of carbonyl (C=O) groups is 1. The van der Waals surface area contributed by atoms with Crippen LogP contribution in [0.4, 0.5) is 0 Å². The lowest BCUT2D eigenvalue weighted by molar-refractivity contribution is -0.121. The highest BCUT2D eigenvalue weighted by Crippen LogP contribution is 2.18. The molecular weight excluding hydrogens is 368 g/mol. The molecule has 0 aliphatic carbocycles. The molecule has 2 aromatic rings. The fourth-order valence-electron chi connectivity index (χ4n) is 2.88. The van der Waals surface area contributed by atoms with E-state index in [1.165, 1.54) is 10.7 Å². The molecule has 144 valence electrons. The van der Waals surface area contributed by atoms with Gasteiger partial charge in [0, 0.05) is 36.3 Å². The molecule has 0 saturated carbocycles. The monoisotopic (exact) mass is 390 g/mol. The van der Waals surface area contributed by atoms with Gasteiger partial charge in [0.05, 0.1) is 18.9 Å². The highest BCUT2D eigenvalue weighted by Gasteiger charge is 2.11. The van der Waals surface area contributed by atoms with Crippen LogP contribution in [0, 0.1) is 0 Å². The second kappa shape index (κ2) is 9.64. The van der Waals surface area contributed by atoms with Crippen LogP contribution in [0.1, 0.15) is 6.42 Å². The van der Waals surface area contributed by atoms with E-state index < -0.39 is 0 Å². The second-order valence-electron chi connectivity index (χ2n) is 6.38. The summed E-state index contributed by atoms with van der Waals surface area (Å²) in [6.45, 7) is 4.80. The van der Waals surface area contributed by atoms with Crippen LogP contribution in [0.15, 0.2) is 41.2 Å². The van der Waals surface area contributed by atoms with Gasteiger partial charge in [0.25, 0.3) is 5.56 Å². The van der Waals surface area contributed by atoms with E-state index in [-0.39, 0.29) is 18.0 Å². The third-order valence-electron chi connectivity index (χ3n) is 4.38. The number of halogens is 1. The van der Waals surface area contributed by atoms with Gasteiger partial charge in [-0.2, -0.15) is 5.10 Å². The van der Waals surface area contributed by atoms with E-state index in [0.29, 0.717) is 17.3 Å². The average molecular weight is 391 g/mol. The first kappa shape index (κ1) is 19.5. The summed E-state index contributed by atoms with van der Waals surface area (Å²) in [5, 5.41) is 7.77. The molecule has 2 heterocycles. The Morgan fingerprint density at radius 1 is 1.15 bits per heavy atom. The minimum Gasteiger partial charge on any atom is -0.379 e. The predicted molar refractivity (Wildman–Crippen MR) is 104 cm³/mol. The van der Waals surface area contributed by atoms with Gasteiger partial charge in [-0.3, -0.25) is 14.5 Å². The topological polar surface area (TPSA) is 76.5 Å². The van der Waals surface area contributed by atoms with E-state index in [0.717, 1.165) is 44.8 Å². The van der Waals surface area contributed by atoms with Crippen molar-refractivity contribution in [3.63, 3.8) is 0 Å². The molecule has 0 bridgehead atoms. The maximum absolute atomic E-state index is 12.1. The van der Waals surface area contributed by atoms with Crippen LogP contribution in [-0.4, -0.2) is 60.0 Å². The molecule has 0 unspecified atom stereocenters. The van der Waals surface area contributed by atoms with Gasteiger partial charge in [0.15, 0.2) is 0 Å². The lowest BCUT2D eigenvalue weighted by atomic mass is 10.1. The summed E-state index contributed by atoms with van der Waals surface area (Å²) in [6, 6.07) is 10.2. The Morgan fingerprint density at radius 3 is 2.63 bits per heavy atom. The number of nitrogens with one attached hydrogen (secondary N) is 1. The van der Waals surface area contributed by atoms with Gasteiger partial charge in [-0.15, -0.1) is 0 Å². The zero-order chi connectivity index (χ0) is 19.1. The van der Waals surface area contributed by atoms with Crippen molar-refractivity contribution in [2.24, 2.45) is 0 Å². The molecule has 1 aliphatic heterocycles. The lowest BCUT2D eigenvalue weighted by Gasteiger charge is -2.26. The maximum atomic E-state index is 12.1. The number of hydrogen-bond donors (Lipinski definition) is 1. The van der Waals surface area contributed by atoms with E-state index in [9.17, 15) is 9.59 Å². The van der Waals surface area contributed by atoms with Gasteiger partial charge in [-0.25, -0.2) is 4.68 Å². The Morgan fingerprint density at radius 2 is 1.89 bits per heavy atom. The molecule has 0 radical (unpaired) electrons. The number of benzene rings is 1. The van der Waals surface area contributed by atoms with Crippen LogP contribution >= 0.6 is 11.6 Å². The number of hydrogen-bond acceptors (Lipinski definition) is 5. The van der Waals surface area contributed by atoms with Crippen molar-refractivity contribution in [2.45, 2.75) is 13.0 Å². The molecule has 1 aliphatic rings. The standard InChI is InChI=1S/C19H23ClN4O3/c20-16-4-2-15(3-5-16)17-6-7-19(26)24(22-17)14-18(25)21-8-1-9-23-10-12-27-13-11-23/h2-7H,1,8-14H2,(H,21,25). The van der Waals surface area contributed by atoms with Crippen LogP contribution in [0.25, 0.3) is 11.3 Å². The molecule has 1 saturated heterocycles. The van der Waals surface area contributed by atoms with Crippen molar-refractivity contribution in [2.75, 3.05) is 39.4 Å². The molecule has 27 heavy (non-hydrogen) atoms.